The van der Waals surface area contributed by atoms with Gasteiger partial charge in [0.25, 0.3) is 0 Å². The van der Waals surface area contributed by atoms with Gasteiger partial charge in [-0.05, 0) is 201 Å². The minimum Gasteiger partial charge on any atom is -0.472 e. The van der Waals surface area contributed by atoms with Gasteiger partial charge in [0, 0.05) is 259 Å². The summed E-state index contributed by atoms with van der Waals surface area (Å²) in [5.74, 6) is 6.07. The predicted octanol–water partition coefficient (Wildman–Crippen LogP) is 14.8. The molecule has 31 heteroatoms. The number of carbonyl (C=O) groups is 5. The zero-order valence-electron chi connectivity index (χ0n) is 74.4. The number of nitrogens with one attached hydrogen (secondary N) is 5. The van der Waals surface area contributed by atoms with Crippen LogP contribution in [0.1, 0.15) is 78.5 Å². The number of hydrogen-bond donors (Lipinski definition) is 10. The number of nitrogens with two attached hydrogens (primary N) is 5. The average molecular weight is 1850 g/mol. The van der Waals surface area contributed by atoms with E-state index in [9.17, 15) is 24.0 Å². The number of thiazole rings is 2. The smallest absolute Gasteiger partial charge is 0.195 e. The second kappa shape index (κ2) is 45.7. The van der Waals surface area contributed by atoms with Crippen molar-refractivity contribution >= 4 is 120 Å². The molecular formula is C103H108N20O8S3. The van der Waals surface area contributed by atoms with Gasteiger partial charge in [0.05, 0.1) is 25.1 Å². The summed E-state index contributed by atoms with van der Waals surface area (Å²) >= 11 is 4.47. The summed E-state index contributed by atoms with van der Waals surface area (Å²) in [6.07, 6.45) is 12.8. The maximum Gasteiger partial charge on any atom is 0.195 e. The van der Waals surface area contributed by atoms with Crippen molar-refractivity contribution in [2.45, 2.75) is 32.1 Å². The van der Waals surface area contributed by atoms with Crippen LogP contribution < -0.4 is 79.8 Å². The van der Waals surface area contributed by atoms with Crippen LogP contribution in [0.2, 0.25) is 0 Å². The molecule has 0 unspecified atom stereocenters. The molecular weight excluding hydrogens is 1740 g/mol. The Labute approximate surface area is 790 Å². The van der Waals surface area contributed by atoms with Gasteiger partial charge in [-0.2, -0.15) is 0 Å². The number of anilines is 10. The van der Waals surface area contributed by atoms with E-state index in [-0.39, 0.29) is 61.0 Å². The van der Waals surface area contributed by atoms with Gasteiger partial charge in [-0.1, -0.05) is 54.6 Å². The number of piperazine rings is 5. The van der Waals surface area contributed by atoms with Crippen LogP contribution in [0.25, 0.3) is 55.3 Å². The maximum atomic E-state index is 12.8. The molecule has 5 fully saturated rings. The highest BCUT2D eigenvalue weighted by Crippen LogP contribution is 2.34. The summed E-state index contributed by atoms with van der Waals surface area (Å²) in [6, 6.07) is 63.6. The first-order chi connectivity index (χ1) is 65.5. The lowest BCUT2D eigenvalue weighted by atomic mass is 9.97. The van der Waals surface area contributed by atoms with E-state index in [1.165, 1.54) is 27.6 Å². The van der Waals surface area contributed by atoms with Crippen LogP contribution in [-0.2, 0) is 32.1 Å². The Morgan fingerprint density at radius 2 is 0.642 bits per heavy atom. The third-order valence-corrected chi connectivity index (χ3v) is 26.4. The molecule has 15 N–H and O–H groups in total. The predicted molar refractivity (Wildman–Crippen MR) is 539 cm³/mol. The van der Waals surface area contributed by atoms with Crippen LogP contribution >= 0.6 is 34.0 Å². The van der Waals surface area contributed by atoms with Crippen molar-refractivity contribution in [2.75, 3.05) is 184 Å². The Morgan fingerprint density at radius 3 is 0.970 bits per heavy atom. The van der Waals surface area contributed by atoms with Crippen LogP contribution in [0.3, 0.4) is 0 Å². The van der Waals surface area contributed by atoms with E-state index >= 15 is 0 Å². The number of nitrogens with zero attached hydrogens (tertiary/aromatic N) is 10. The third kappa shape index (κ3) is 24.7. The second-order valence-electron chi connectivity index (χ2n) is 32.8. The standard InChI is InChI=1S/C23H24N4O.C21H22N4O2.C21H22N4OS.2C19H20N4O2S/c24-21-8-6-18(17-4-2-1-3-5-17)14-20(21)15-22(28)19-7-9-23(26-16-19)27-12-10-25-11-13-27;2*22-18-5-3-15(20-2-1-11-27-20)12-17(18)13-19(26)16-4-6-21(24-14-16)25-9-7-23-8-10-25;20-16-2-1-13(14-3-8-25-11-14)9-15(16)10-17(24)19-22-18(12-26-19)23-6-4-21-5-7-23;20-15-4-3-13(17-2-1-9-25-17)10-14(15)11-16(24)19-22-18(12-26-19)23-7-5-21-6-8-23/h1-9,14,16,25H,10-13,15,24H2;2*1-6,11-12,14,23H,7-10,13,22H2;1-3,8-9,11-12,21H,4-7,10,20H2;1-4,9-10,12,21H,5-8,11,20H2. The molecule has 0 atom stereocenters. The van der Waals surface area contributed by atoms with E-state index in [1.807, 2.05) is 198 Å². The fourth-order valence-corrected chi connectivity index (χ4v) is 18.3. The van der Waals surface area contributed by atoms with Gasteiger partial charge in [-0.3, -0.25) is 24.0 Å². The van der Waals surface area contributed by atoms with Crippen molar-refractivity contribution in [1.82, 2.24) is 51.5 Å². The normalized spacial score (nSPS) is 14.3. The molecule has 14 heterocycles. The molecule has 9 aromatic heterocycles. The highest BCUT2D eigenvalue weighted by atomic mass is 32.1. The molecule has 0 spiro atoms. The molecule has 5 aliphatic heterocycles. The number of hydrogen-bond acceptors (Lipinski definition) is 31. The average Bonchev–Trinajstić information content (AvgIpc) is 1.61. The molecule has 0 bridgehead atoms. The first kappa shape index (κ1) is 93.0. The number of ketones is 5. The Morgan fingerprint density at radius 1 is 0.306 bits per heavy atom. The van der Waals surface area contributed by atoms with Crippen molar-refractivity contribution in [3.05, 3.63) is 314 Å². The highest BCUT2D eigenvalue weighted by molar-refractivity contribution is 7.13. The molecule has 15 aromatic rings. The van der Waals surface area contributed by atoms with Crippen LogP contribution in [0, 0.1) is 0 Å². The van der Waals surface area contributed by atoms with Crippen LogP contribution in [0.5, 0.6) is 0 Å². The van der Waals surface area contributed by atoms with Crippen molar-refractivity contribution < 1.29 is 37.2 Å². The van der Waals surface area contributed by atoms with Gasteiger partial charge in [-0.15, -0.1) is 34.0 Å². The molecule has 0 radical (unpaired) electrons. The minimum atomic E-state index is -0.0142. The fraction of sp³-hybridized carbons (Fsp3) is 0.243. The Balaban J connectivity index is 0.000000122. The Kier molecular flexibility index (Phi) is 31.7. The molecule has 0 saturated carbocycles. The zero-order chi connectivity index (χ0) is 92.5. The molecule has 6 aromatic carbocycles. The molecule has 20 rings (SSSR count). The highest BCUT2D eigenvalue weighted by Gasteiger charge is 2.25. The van der Waals surface area contributed by atoms with Crippen molar-refractivity contribution in [3.63, 3.8) is 0 Å². The van der Waals surface area contributed by atoms with Gasteiger partial charge in [-0.25, -0.2) is 24.9 Å². The van der Waals surface area contributed by atoms with Crippen molar-refractivity contribution in [2.24, 2.45) is 0 Å². The Hall–Kier alpha value is -14.3. The quantitative estimate of drug-likeness (QED) is 0.0188. The largest absolute Gasteiger partial charge is 0.472 e. The molecule has 28 nitrogen and oxygen atoms in total. The number of Topliss-reactive ketones (excluding diaryl/α,β-unsaturated/α-hetero) is 5. The number of thiophene rings is 1. The van der Waals surface area contributed by atoms with Crippen molar-refractivity contribution in [1.29, 1.82) is 0 Å². The van der Waals surface area contributed by atoms with Crippen molar-refractivity contribution in [3.8, 4) is 55.3 Å². The Bertz CT molecular complexity index is 6060. The van der Waals surface area contributed by atoms with Crippen LogP contribution in [0.15, 0.2) is 273 Å². The van der Waals surface area contributed by atoms with Gasteiger partial charge in [0.2, 0.25) is 0 Å². The molecule has 134 heavy (non-hydrogen) atoms. The number of pyridine rings is 3. The SMILES string of the molecule is Nc1ccc(-c2ccccc2)cc1CC(=O)c1ccc(N2CCNCC2)nc1.Nc1ccc(-c2ccco2)cc1CC(=O)c1ccc(N2CCNCC2)nc1.Nc1ccc(-c2ccco2)cc1CC(=O)c1nc(N2CCNCC2)cs1.Nc1ccc(-c2cccs2)cc1CC(=O)c1ccc(N2CCNCC2)nc1.Nc1ccc(-c2ccoc2)cc1CC(=O)c1nc(N2CCNCC2)cs1. The number of rotatable bonds is 25. The summed E-state index contributed by atoms with van der Waals surface area (Å²) in [6.45, 7) is 18.8. The summed E-state index contributed by atoms with van der Waals surface area (Å²) < 4.78 is 16.0. The van der Waals surface area contributed by atoms with Gasteiger partial charge < -0.3 is 93.0 Å². The summed E-state index contributed by atoms with van der Waals surface area (Å²) in [4.78, 5) is 98.4. The first-order valence-electron chi connectivity index (χ1n) is 44.9. The van der Waals surface area contributed by atoms with E-state index in [4.69, 9.17) is 41.9 Å². The van der Waals surface area contributed by atoms with E-state index in [2.05, 4.69) is 94.2 Å². The van der Waals surface area contributed by atoms with Gasteiger partial charge in [0.15, 0.2) is 38.9 Å². The van der Waals surface area contributed by atoms with Crippen LogP contribution in [0.4, 0.5) is 57.5 Å². The number of carbonyl (C=O) groups excluding carboxylic acids is 5. The topological polar surface area (TPSA) is 396 Å². The summed E-state index contributed by atoms with van der Waals surface area (Å²) in [5.41, 5.74) is 46.6. The fourth-order valence-electron chi connectivity index (χ4n) is 16.1. The van der Waals surface area contributed by atoms with E-state index in [1.54, 1.807) is 55.0 Å². The number of aromatic nitrogens is 5. The monoisotopic (exact) mass is 1850 g/mol. The lowest BCUT2D eigenvalue weighted by Crippen LogP contribution is -2.43. The zero-order valence-corrected chi connectivity index (χ0v) is 76.8. The lowest BCUT2D eigenvalue weighted by Gasteiger charge is -2.28. The molecule has 5 saturated heterocycles. The third-order valence-electron chi connectivity index (χ3n) is 23.7. The molecule has 5 aliphatic rings. The van der Waals surface area contributed by atoms with E-state index < -0.39 is 0 Å². The van der Waals surface area contributed by atoms with Crippen LogP contribution in [-0.4, -0.2) is 185 Å². The number of nitrogen functional groups attached to an aromatic ring is 5. The van der Waals surface area contributed by atoms with E-state index in [0.29, 0.717) is 55.1 Å². The minimum absolute atomic E-state index is 0.00217. The first-order valence-corrected chi connectivity index (χ1v) is 47.5. The molecule has 686 valence electrons. The molecule has 0 amide bonds. The number of benzene rings is 6. The lowest BCUT2D eigenvalue weighted by molar-refractivity contribution is 0.0984. The molecule has 0 aliphatic carbocycles. The maximum absolute atomic E-state index is 12.8. The number of furan rings is 3. The second-order valence-corrected chi connectivity index (χ2v) is 35.5. The summed E-state index contributed by atoms with van der Waals surface area (Å²) in [5, 5.41) is 23.6. The van der Waals surface area contributed by atoms with Gasteiger partial charge >= 0.3 is 0 Å². The van der Waals surface area contributed by atoms with Gasteiger partial charge in [0.1, 0.15) is 40.6 Å². The summed E-state index contributed by atoms with van der Waals surface area (Å²) in [7, 11) is 0. The van der Waals surface area contributed by atoms with E-state index in [0.717, 1.165) is 238 Å².